The molecule has 39 heavy (non-hydrogen) atoms. The Balaban J connectivity index is 1.26. The Kier molecular flexibility index (Phi) is 7.54. The lowest BCUT2D eigenvalue weighted by Gasteiger charge is -2.35. The number of nitrogens with zero attached hydrogens (tertiary/aromatic N) is 4. The fourth-order valence-corrected chi connectivity index (χ4v) is 4.68. The summed E-state index contributed by atoms with van der Waals surface area (Å²) in [4.78, 5) is 30.6. The second kappa shape index (κ2) is 11.3. The number of ketones is 1. The van der Waals surface area contributed by atoms with E-state index in [2.05, 4.69) is 15.1 Å². The van der Waals surface area contributed by atoms with E-state index in [1.807, 2.05) is 49.4 Å². The maximum atomic E-state index is 13.5. The maximum absolute atomic E-state index is 13.5. The number of anilines is 1. The Morgan fingerprint density at radius 2 is 1.44 bits per heavy atom. The average molecular weight is 523 g/mol. The van der Waals surface area contributed by atoms with Gasteiger partial charge in [0.05, 0.1) is 25.5 Å². The minimum Gasteiger partial charge on any atom is -0.493 e. The van der Waals surface area contributed by atoms with Crippen molar-refractivity contribution in [3.8, 4) is 22.8 Å². The predicted molar refractivity (Wildman–Crippen MR) is 150 cm³/mol. The number of rotatable bonds is 7. The molecule has 4 aromatic rings. The molecule has 0 bridgehead atoms. The zero-order valence-corrected chi connectivity index (χ0v) is 22.3. The van der Waals surface area contributed by atoms with Gasteiger partial charge in [0.1, 0.15) is 0 Å². The third-order valence-electron chi connectivity index (χ3n) is 6.94. The second-order valence-corrected chi connectivity index (χ2v) is 9.37. The molecule has 1 amide bonds. The highest BCUT2D eigenvalue weighted by atomic mass is 16.5. The van der Waals surface area contributed by atoms with Gasteiger partial charge in [-0.2, -0.15) is 0 Å². The Morgan fingerprint density at radius 3 is 2.08 bits per heavy atom. The molecule has 0 atom stereocenters. The van der Waals surface area contributed by atoms with E-state index in [1.165, 1.54) is 0 Å². The summed E-state index contributed by atoms with van der Waals surface area (Å²) in [5, 5.41) is 8.85. The van der Waals surface area contributed by atoms with E-state index in [9.17, 15) is 9.59 Å². The van der Waals surface area contributed by atoms with Crippen LogP contribution in [-0.4, -0.2) is 67.2 Å². The molecule has 1 aliphatic heterocycles. The van der Waals surface area contributed by atoms with Gasteiger partial charge in [-0.1, -0.05) is 48.0 Å². The first-order chi connectivity index (χ1) is 19.0. The number of aryl methyl sites for hydroxylation is 1. The molecule has 1 saturated heterocycles. The van der Waals surface area contributed by atoms with Crippen LogP contribution < -0.4 is 14.4 Å². The summed E-state index contributed by atoms with van der Waals surface area (Å²) in [7, 11) is 3.20. The summed E-state index contributed by atoms with van der Waals surface area (Å²) >= 11 is 0. The molecule has 1 aliphatic rings. The molecular weight excluding hydrogens is 492 g/mol. The van der Waals surface area contributed by atoms with E-state index in [0.717, 1.165) is 22.6 Å². The number of carbonyl (C=O) groups excluding carboxylic acids is 2. The molecule has 0 saturated carbocycles. The van der Waals surface area contributed by atoms with Gasteiger partial charge in [-0.3, -0.25) is 9.59 Å². The molecule has 0 aliphatic carbocycles. The van der Waals surface area contributed by atoms with Crippen LogP contribution in [0.4, 0.5) is 5.82 Å². The minimum atomic E-state index is -0.151. The van der Waals surface area contributed by atoms with Crippen molar-refractivity contribution in [1.29, 1.82) is 0 Å². The van der Waals surface area contributed by atoms with Crippen LogP contribution in [0.15, 0.2) is 78.9 Å². The smallest absolute Gasteiger partial charge is 0.254 e. The average Bonchev–Trinajstić information content (AvgIpc) is 3.00. The van der Waals surface area contributed by atoms with Crippen LogP contribution in [0.3, 0.4) is 0 Å². The molecule has 8 heteroatoms. The van der Waals surface area contributed by atoms with Gasteiger partial charge >= 0.3 is 0 Å². The maximum Gasteiger partial charge on any atom is 0.254 e. The summed E-state index contributed by atoms with van der Waals surface area (Å²) in [6.07, 6.45) is 0. The number of ether oxygens (including phenoxy) is 2. The molecule has 3 aromatic carbocycles. The van der Waals surface area contributed by atoms with E-state index in [1.54, 1.807) is 55.5 Å². The SMILES string of the molecule is COc1ccc(-c2ccc(N3CCN(C(=O)c4ccccc4C(=O)c4ccc(C)cc4)CC3)nn2)cc1OC. The highest BCUT2D eigenvalue weighted by Gasteiger charge is 2.26. The van der Waals surface area contributed by atoms with Crippen LogP contribution in [0.25, 0.3) is 11.3 Å². The van der Waals surface area contributed by atoms with Gasteiger partial charge < -0.3 is 19.3 Å². The van der Waals surface area contributed by atoms with Crippen LogP contribution in [0.1, 0.15) is 31.8 Å². The summed E-state index contributed by atoms with van der Waals surface area (Å²) < 4.78 is 10.7. The van der Waals surface area contributed by atoms with Crippen molar-refractivity contribution in [3.05, 3.63) is 101 Å². The molecule has 8 nitrogen and oxygen atoms in total. The molecule has 0 N–H and O–H groups in total. The molecule has 2 heterocycles. The Morgan fingerprint density at radius 1 is 0.744 bits per heavy atom. The summed E-state index contributed by atoms with van der Waals surface area (Å²) in [5.74, 6) is 1.74. The number of carbonyl (C=O) groups is 2. The predicted octanol–water partition coefficient (Wildman–Crippen LogP) is 4.66. The van der Waals surface area contributed by atoms with Crippen molar-refractivity contribution in [1.82, 2.24) is 15.1 Å². The van der Waals surface area contributed by atoms with Crippen molar-refractivity contribution >= 4 is 17.5 Å². The lowest BCUT2D eigenvalue weighted by Crippen LogP contribution is -2.49. The summed E-state index contributed by atoms with van der Waals surface area (Å²) in [6.45, 7) is 4.24. The Bertz CT molecular complexity index is 1480. The van der Waals surface area contributed by atoms with Crippen LogP contribution in [-0.2, 0) is 0 Å². The zero-order chi connectivity index (χ0) is 27.4. The highest BCUT2D eigenvalue weighted by Crippen LogP contribution is 2.31. The molecule has 0 spiro atoms. The fourth-order valence-electron chi connectivity index (χ4n) is 4.68. The first-order valence-corrected chi connectivity index (χ1v) is 12.8. The quantitative estimate of drug-likeness (QED) is 0.326. The summed E-state index contributed by atoms with van der Waals surface area (Å²) in [6, 6.07) is 23.9. The molecule has 0 unspecified atom stereocenters. The monoisotopic (exact) mass is 522 g/mol. The minimum absolute atomic E-state index is 0.138. The first kappa shape index (κ1) is 25.9. The molecule has 1 fully saturated rings. The third-order valence-corrected chi connectivity index (χ3v) is 6.94. The first-order valence-electron chi connectivity index (χ1n) is 12.8. The molecule has 5 rings (SSSR count). The van der Waals surface area contributed by atoms with E-state index in [-0.39, 0.29) is 11.7 Å². The number of amides is 1. The van der Waals surface area contributed by atoms with Gasteiger partial charge in [0.2, 0.25) is 0 Å². The number of aromatic nitrogens is 2. The van der Waals surface area contributed by atoms with Gasteiger partial charge in [-0.25, -0.2) is 0 Å². The van der Waals surface area contributed by atoms with Crippen molar-refractivity contribution < 1.29 is 19.1 Å². The topological polar surface area (TPSA) is 84.9 Å². The van der Waals surface area contributed by atoms with Crippen LogP contribution in [0, 0.1) is 6.92 Å². The van der Waals surface area contributed by atoms with Gasteiger partial charge in [0, 0.05) is 42.9 Å². The third kappa shape index (κ3) is 5.45. The standard InChI is InChI=1S/C31H30N4O4/c1-21-8-10-22(11-9-21)30(36)24-6-4-5-7-25(24)31(37)35-18-16-34(17-19-35)29-15-13-26(32-33-29)23-12-14-27(38-2)28(20-23)39-3/h4-15,20H,16-19H2,1-3H3. The van der Waals surface area contributed by atoms with Crippen molar-refractivity contribution in [2.45, 2.75) is 6.92 Å². The number of hydrogen-bond acceptors (Lipinski definition) is 7. The second-order valence-electron chi connectivity index (χ2n) is 9.37. The van der Waals surface area contributed by atoms with Crippen molar-refractivity contribution in [2.75, 3.05) is 45.3 Å². The summed E-state index contributed by atoms with van der Waals surface area (Å²) in [5.41, 5.74) is 4.10. The van der Waals surface area contributed by atoms with E-state index in [4.69, 9.17) is 9.47 Å². The zero-order valence-electron chi connectivity index (χ0n) is 22.3. The molecule has 0 radical (unpaired) electrons. The van der Waals surface area contributed by atoms with Crippen molar-refractivity contribution in [3.63, 3.8) is 0 Å². The highest BCUT2D eigenvalue weighted by molar-refractivity contribution is 6.15. The van der Waals surface area contributed by atoms with Crippen LogP contribution in [0.5, 0.6) is 11.5 Å². The van der Waals surface area contributed by atoms with Gasteiger partial charge in [-0.05, 0) is 43.3 Å². The molecule has 1 aromatic heterocycles. The van der Waals surface area contributed by atoms with Crippen LogP contribution in [0.2, 0.25) is 0 Å². The molecule has 198 valence electrons. The number of methoxy groups -OCH3 is 2. The number of hydrogen-bond donors (Lipinski definition) is 0. The normalized spacial score (nSPS) is 13.2. The van der Waals surface area contributed by atoms with Gasteiger partial charge in [0.25, 0.3) is 5.91 Å². The number of benzene rings is 3. The van der Waals surface area contributed by atoms with Crippen molar-refractivity contribution in [2.24, 2.45) is 0 Å². The Hall–Kier alpha value is -4.72. The van der Waals surface area contributed by atoms with Crippen LogP contribution >= 0.6 is 0 Å². The lowest BCUT2D eigenvalue weighted by atomic mass is 9.97. The molecular formula is C31H30N4O4. The van der Waals surface area contributed by atoms with E-state index in [0.29, 0.717) is 54.4 Å². The van der Waals surface area contributed by atoms with E-state index >= 15 is 0 Å². The Labute approximate surface area is 227 Å². The largest absolute Gasteiger partial charge is 0.493 e. The fraction of sp³-hybridized carbons (Fsp3) is 0.226. The number of piperazine rings is 1. The van der Waals surface area contributed by atoms with E-state index < -0.39 is 0 Å². The lowest BCUT2D eigenvalue weighted by molar-refractivity contribution is 0.0742. The van der Waals surface area contributed by atoms with Gasteiger partial charge in [-0.15, -0.1) is 10.2 Å². The van der Waals surface area contributed by atoms with Gasteiger partial charge in [0.15, 0.2) is 23.1 Å².